The number of carbonyl (C=O) groups is 1. The predicted octanol–water partition coefficient (Wildman–Crippen LogP) is 3.23. The van der Waals surface area contributed by atoms with Crippen molar-refractivity contribution in [3.05, 3.63) is 41.5 Å². The van der Waals surface area contributed by atoms with E-state index >= 15 is 0 Å². The molecule has 0 amide bonds. The van der Waals surface area contributed by atoms with Crippen LogP contribution in [0.5, 0.6) is 0 Å². The zero-order valence-corrected chi connectivity index (χ0v) is 8.35. The summed E-state index contributed by atoms with van der Waals surface area (Å²) in [5.41, 5.74) is 3.82. The van der Waals surface area contributed by atoms with Crippen LogP contribution in [0.4, 0.5) is 0 Å². The number of allylic oxidation sites excluding steroid dienone is 1. The molecule has 0 saturated carbocycles. The molecule has 1 nitrogen and oxygen atoms in total. The average molecular weight is 174 g/mol. The second kappa shape index (κ2) is 3.56. The summed E-state index contributed by atoms with van der Waals surface area (Å²) in [6.07, 6.45) is 0. The first-order valence-corrected chi connectivity index (χ1v) is 4.30. The van der Waals surface area contributed by atoms with Crippen molar-refractivity contribution < 1.29 is 4.79 Å². The van der Waals surface area contributed by atoms with Crippen LogP contribution in [0.1, 0.15) is 35.3 Å². The van der Waals surface area contributed by atoms with E-state index in [1.54, 1.807) is 6.92 Å². The number of hydrogen-bond donors (Lipinski definition) is 0. The summed E-state index contributed by atoms with van der Waals surface area (Å²) in [4.78, 5) is 11.2. The Bertz CT molecular complexity index is 361. The number of ketones is 1. The molecule has 0 aromatic heterocycles. The van der Waals surface area contributed by atoms with Crippen molar-refractivity contribution in [2.45, 2.75) is 20.8 Å². The Labute approximate surface area is 79.1 Å². The lowest BCUT2D eigenvalue weighted by molar-refractivity contribution is 0.101. The van der Waals surface area contributed by atoms with Gasteiger partial charge in [-0.3, -0.25) is 4.79 Å². The maximum absolute atomic E-state index is 11.2. The monoisotopic (exact) mass is 174 g/mol. The molecule has 0 unspecified atom stereocenters. The fraction of sp³-hybridized carbons (Fsp3) is 0.250. The lowest BCUT2D eigenvalue weighted by Crippen LogP contribution is -1.97. The summed E-state index contributed by atoms with van der Waals surface area (Å²) in [7, 11) is 0. The molecule has 1 heteroatoms. The third-order valence-electron chi connectivity index (χ3n) is 2.01. The molecule has 0 N–H and O–H groups in total. The SMILES string of the molecule is C=C(C)c1cc(C)ccc1C(C)=O. The molecule has 0 radical (unpaired) electrons. The maximum atomic E-state index is 11.2. The van der Waals surface area contributed by atoms with E-state index in [2.05, 4.69) is 6.58 Å². The van der Waals surface area contributed by atoms with E-state index in [0.717, 1.165) is 22.3 Å². The lowest BCUT2D eigenvalue weighted by atomic mass is 9.97. The molecule has 0 heterocycles. The number of rotatable bonds is 2. The van der Waals surface area contributed by atoms with Gasteiger partial charge in [-0.25, -0.2) is 0 Å². The Kier molecular flexibility index (Phi) is 2.66. The molecule has 1 rings (SSSR count). The number of hydrogen-bond acceptors (Lipinski definition) is 1. The molecule has 0 aliphatic carbocycles. The van der Waals surface area contributed by atoms with Crippen molar-refractivity contribution >= 4 is 11.4 Å². The van der Waals surface area contributed by atoms with Gasteiger partial charge in [0, 0.05) is 5.56 Å². The van der Waals surface area contributed by atoms with Crippen LogP contribution in [0.25, 0.3) is 5.57 Å². The first-order valence-electron chi connectivity index (χ1n) is 4.30. The van der Waals surface area contributed by atoms with Crippen LogP contribution in [0, 0.1) is 6.92 Å². The van der Waals surface area contributed by atoms with Crippen LogP contribution < -0.4 is 0 Å². The normalized spacial score (nSPS) is 9.77. The van der Waals surface area contributed by atoms with Gasteiger partial charge in [-0.15, -0.1) is 0 Å². The summed E-state index contributed by atoms with van der Waals surface area (Å²) >= 11 is 0. The smallest absolute Gasteiger partial charge is 0.160 e. The Morgan fingerprint density at radius 1 is 1.23 bits per heavy atom. The van der Waals surface area contributed by atoms with Crippen LogP contribution in [0.3, 0.4) is 0 Å². The predicted molar refractivity (Wildman–Crippen MR) is 55.9 cm³/mol. The molecule has 0 spiro atoms. The van der Waals surface area contributed by atoms with E-state index in [9.17, 15) is 4.79 Å². The molecule has 1 aromatic rings. The number of benzene rings is 1. The van der Waals surface area contributed by atoms with E-state index in [0.29, 0.717) is 0 Å². The molecule has 13 heavy (non-hydrogen) atoms. The van der Waals surface area contributed by atoms with Crippen molar-refractivity contribution in [3.63, 3.8) is 0 Å². The number of Topliss-reactive ketones (excluding diaryl/α,β-unsaturated/α-hetero) is 1. The molecular weight excluding hydrogens is 160 g/mol. The molecule has 0 aliphatic heterocycles. The third kappa shape index (κ3) is 2.05. The molecule has 1 aromatic carbocycles. The number of aryl methyl sites for hydroxylation is 1. The van der Waals surface area contributed by atoms with Gasteiger partial charge in [0.25, 0.3) is 0 Å². The van der Waals surface area contributed by atoms with Crippen LogP contribution in [0.2, 0.25) is 0 Å². The molecule has 0 fully saturated rings. The Balaban J connectivity index is 3.35. The van der Waals surface area contributed by atoms with Crippen molar-refractivity contribution in [2.75, 3.05) is 0 Å². The van der Waals surface area contributed by atoms with Crippen LogP contribution in [-0.4, -0.2) is 5.78 Å². The van der Waals surface area contributed by atoms with Crippen LogP contribution in [0.15, 0.2) is 24.8 Å². The highest BCUT2D eigenvalue weighted by atomic mass is 16.1. The van der Waals surface area contributed by atoms with Gasteiger partial charge in [0.2, 0.25) is 0 Å². The highest BCUT2D eigenvalue weighted by Crippen LogP contribution is 2.19. The second-order valence-electron chi connectivity index (χ2n) is 3.39. The Morgan fingerprint density at radius 3 is 2.31 bits per heavy atom. The summed E-state index contributed by atoms with van der Waals surface area (Å²) in [5.74, 6) is 0.0954. The first-order chi connectivity index (χ1) is 6.02. The quantitative estimate of drug-likeness (QED) is 0.629. The zero-order valence-electron chi connectivity index (χ0n) is 8.35. The highest BCUT2D eigenvalue weighted by molar-refractivity contribution is 5.98. The van der Waals surface area contributed by atoms with E-state index in [4.69, 9.17) is 0 Å². The largest absolute Gasteiger partial charge is 0.294 e. The fourth-order valence-corrected chi connectivity index (χ4v) is 1.32. The van der Waals surface area contributed by atoms with Gasteiger partial charge < -0.3 is 0 Å². The van der Waals surface area contributed by atoms with E-state index in [1.165, 1.54) is 0 Å². The van der Waals surface area contributed by atoms with E-state index in [-0.39, 0.29) is 5.78 Å². The van der Waals surface area contributed by atoms with Crippen molar-refractivity contribution in [3.8, 4) is 0 Å². The average Bonchev–Trinajstić information content (AvgIpc) is 2.03. The fourth-order valence-electron chi connectivity index (χ4n) is 1.32. The second-order valence-corrected chi connectivity index (χ2v) is 3.39. The minimum atomic E-state index is 0.0954. The van der Waals surface area contributed by atoms with Crippen molar-refractivity contribution in [1.29, 1.82) is 0 Å². The van der Waals surface area contributed by atoms with Gasteiger partial charge in [0.15, 0.2) is 5.78 Å². The van der Waals surface area contributed by atoms with E-state index < -0.39 is 0 Å². The molecule has 0 saturated heterocycles. The van der Waals surface area contributed by atoms with Crippen molar-refractivity contribution in [1.82, 2.24) is 0 Å². The molecule has 0 aliphatic rings. The lowest BCUT2D eigenvalue weighted by Gasteiger charge is -2.07. The topological polar surface area (TPSA) is 17.1 Å². The minimum Gasteiger partial charge on any atom is -0.294 e. The third-order valence-corrected chi connectivity index (χ3v) is 2.01. The Hall–Kier alpha value is -1.37. The molecule has 68 valence electrons. The van der Waals surface area contributed by atoms with Gasteiger partial charge in [-0.1, -0.05) is 35.9 Å². The highest BCUT2D eigenvalue weighted by Gasteiger charge is 2.06. The van der Waals surface area contributed by atoms with Crippen molar-refractivity contribution in [2.24, 2.45) is 0 Å². The molecule has 0 atom stereocenters. The maximum Gasteiger partial charge on any atom is 0.160 e. The minimum absolute atomic E-state index is 0.0954. The van der Waals surface area contributed by atoms with Gasteiger partial charge in [-0.05, 0) is 26.3 Å². The van der Waals surface area contributed by atoms with Gasteiger partial charge in [0.1, 0.15) is 0 Å². The summed E-state index contributed by atoms with van der Waals surface area (Å²) in [6, 6.07) is 5.81. The molecular formula is C12H14O. The summed E-state index contributed by atoms with van der Waals surface area (Å²) < 4.78 is 0. The van der Waals surface area contributed by atoms with E-state index in [1.807, 2.05) is 32.0 Å². The Morgan fingerprint density at radius 2 is 1.85 bits per heavy atom. The molecule has 0 bridgehead atoms. The number of carbonyl (C=O) groups excluding carboxylic acids is 1. The zero-order chi connectivity index (χ0) is 10.0. The first kappa shape index (κ1) is 9.72. The van der Waals surface area contributed by atoms with Gasteiger partial charge in [0.05, 0.1) is 0 Å². The summed E-state index contributed by atoms with van der Waals surface area (Å²) in [5, 5.41) is 0. The van der Waals surface area contributed by atoms with Crippen LogP contribution >= 0.6 is 0 Å². The van der Waals surface area contributed by atoms with Crippen LogP contribution in [-0.2, 0) is 0 Å². The van der Waals surface area contributed by atoms with Gasteiger partial charge >= 0.3 is 0 Å². The summed E-state index contributed by atoms with van der Waals surface area (Å²) in [6.45, 7) is 9.37. The standard InChI is InChI=1S/C12H14O/c1-8(2)12-7-9(3)5-6-11(12)10(4)13/h5-7H,1H2,2-4H3. The van der Waals surface area contributed by atoms with Gasteiger partial charge in [-0.2, -0.15) is 0 Å².